The van der Waals surface area contributed by atoms with Gasteiger partial charge in [-0.1, -0.05) is 0 Å². The zero-order chi connectivity index (χ0) is 7.84. The summed E-state index contributed by atoms with van der Waals surface area (Å²) in [5.41, 5.74) is 3.42. The van der Waals surface area contributed by atoms with Crippen molar-refractivity contribution in [2.75, 3.05) is 5.75 Å². The summed E-state index contributed by atoms with van der Waals surface area (Å²) in [4.78, 5) is 0. The normalized spacial score (nSPS) is 23.2. The number of rotatable bonds is 0. The van der Waals surface area contributed by atoms with Crippen LogP contribution < -0.4 is 0 Å². The molecule has 1 N–H and O–H groups in total. The van der Waals surface area contributed by atoms with E-state index in [1.165, 1.54) is 5.56 Å². The highest BCUT2D eigenvalue weighted by Gasteiger charge is 2.18. The minimum atomic E-state index is -0.671. The Morgan fingerprint density at radius 2 is 2.45 bits per heavy atom. The molecule has 1 unspecified atom stereocenters. The highest BCUT2D eigenvalue weighted by Crippen LogP contribution is 2.18. The van der Waals surface area contributed by atoms with Crippen LogP contribution in [0.5, 0.6) is 0 Å². The van der Waals surface area contributed by atoms with E-state index >= 15 is 0 Å². The zero-order valence-corrected chi connectivity index (χ0v) is 7.20. The van der Waals surface area contributed by atoms with E-state index in [1.807, 2.05) is 6.92 Å². The molecule has 11 heavy (non-hydrogen) atoms. The molecule has 1 aliphatic heterocycles. The van der Waals surface area contributed by atoms with Crippen LogP contribution in [-0.2, 0) is 23.0 Å². The Labute approximate surface area is 67.7 Å². The van der Waals surface area contributed by atoms with E-state index < -0.39 is 10.8 Å². The van der Waals surface area contributed by atoms with Crippen molar-refractivity contribution in [1.29, 1.82) is 0 Å². The van der Waals surface area contributed by atoms with Crippen LogP contribution in [0.1, 0.15) is 17.0 Å². The fourth-order valence-electron chi connectivity index (χ4n) is 1.39. The van der Waals surface area contributed by atoms with Gasteiger partial charge >= 0.3 is 0 Å². The monoisotopic (exact) mass is 170 g/mol. The average molecular weight is 170 g/mol. The SMILES string of the molecule is Cc1[nH]nc2c1CCS(=O)C2. The van der Waals surface area contributed by atoms with E-state index in [1.54, 1.807) is 0 Å². The second-order valence-electron chi connectivity index (χ2n) is 2.81. The molecule has 0 spiro atoms. The van der Waals surface area contributed by atoms with Gasteiger partial charge in [-0.15, -0.1) is 0 Å². The van der Waals surface area contributed by atoms with Crippen molar-refractivity contribution >= 4 is 10.8 Å². The van der Waals surface area contributed by atoms with Crippen LogP contribution in [-0.4, -0.2) is 20.2 Å². The van der Waals surface area contributed by atoms with Gasteiger partial charge in [-0.3, -0.25) is 9.31 Å². The quantitative estimate of drug-likeness (QED) is 0.617. The summed E-state index contributed by atoms with van der Waals surface area (Å²) in [5, 5.41) is 7.00. The Morgan fingerprint density at radius 1 is 1.64 bits per heavy atom. The molecule has 1 aliphatic rings. The van der Waals surface area contributed by atoms with Crippen LogP contribution in [0.2, 0.25) is 0 Å². The van der Waals surface area contributed by atoms with Crippen LogP contribution in [0.15, 0.2) is 0 Å². The van der Waals surface area contributed by atoms with Gasteiger partial charge in [0.1, 0.15) is 0 Å². The molecular formula is C7H10N2OS. The van der Waals surface area contributed by atoms with Crippen molar-refractivity contribution in [3.8, 4) is 0 Å². The first-order valence-electron chi connectivity index (χ1n) is 3.65. The third-order valence-corrected chi connectivity index (χ3v) is 3.29. The highest BCUT2D eigenvalue weighted by atomic mass is 32.2. The highest BCUT2D eigenvalue weighted by molar-refractivity contribution is 7.84. The van der Waals surface area contributed by atoms with Crippen LogP contribution in [0.4, 0.5) is 0 Å². The van der Waals surface area contributed by atoms with Gasteiger partial charge in [-0.25, -0.2) is 0 Å². The largest absolute Gasteiger partial charge is 0.282 e. The lowest BCUT2D eigenvalue weighted by molar-refractivity contribution is 0.679. The van der Waals surface area contributed by atoms with Gasteiger partial charge in [-0.05, 0) is 18.9 Å². The number of fused-ring (bicyclic) bond motifs is 1. The van der Waals surface area contributed by atoms with Crippen molar-refractivity contribution in [2.45, 2.75) is 19.1 Å². The van der Waals surface area contributed by atoms with E-state index in [2.05, 4.69) is 10.2 Å². The number of nitrogens with one attached hydrogen (secondary N) is 1. The summed E-state index contributed by atoms with van der Waals surface area (Å²) in [6, 6.07) is 0. The van der Waals surface area contributed by atoms with Crippen LogP contribution >= 0.6 is 0 Å². The lowest BCUT2D eigenvalue weighted by Gasteiger charge is -2.08. The van der Waals surface area contributed by atoms with Crippen molar-refractivity contribution in [1.82, 2.24) is 10.2 Å². The summed E-state index contributed by atoms with van der Waals surface area (Å²) in [6.45, 7) is 2.01. The minimum Gasteiger partial charge on any atom is -0.282 e. The fraction of sp³-hybridized carbons (Fsp3) is 0.571. The maximum atomic E-state index is 11.1. The molecule has 1 aromatic heterocycles. The van der Waals surface area contributed by atoms with Gasteiger partial charge in [0.15, 0.2) is 0 Å². The molecule has 0 aromatic carbocycles. The van der Waals surface area contributed by atoms with Gasteiger partial charge in [-0.2, -0.15) is 5.10 Å². The molecule has 0 fully saturated rings. The minimum absolute atomic E-state index is 0.639. The first-order valence-corrected chi connectivity index (χ1v) is 5.14. The lowest BCUT2D eigenvalue weighted by Crippen LogP contribution is -2.12. The number of H-pyrrole nitrogens is 1. The second-order valence-corrected chi connectivity index (χ2v) is 4.39. The van der Waals surface area contributed by atoms with E-state index in [-0.39, 0.29) is 0 Å². The van der Waals surface area contributed by atoms with Crippen LogP contribution in [0, 0.1) is 6.92 Å². The van der Waals surface area contributed by atoms with Gasteiger partial charge in [0, 0.05) is 22.2 Å². The molecule has 0 saturated carbocycles. The first kappa shape index (κ1) is 7.03. The number of nitrogens with zero attached hydrogens (tertiary/aromatic N) is 1. The number of hydrogen-bond donors (Lipinski definition) is 1. The molecule has 0 aliphatic carbocycles. The van der Waals surface area contributed by atoms with E-state index in [0.717, 1.165) is 23.6 Å². The first-order chi connectivity index (χ1) is 5.27. The van der Waals surface area contributed by atoms with Crippen molar-refractivity contribution in [2.24, 2.45) is 0 Å². The molecule has 60 valence electrons. The Bertz CT molecular complexity index is 305. The summed E-state index contributed by atoms with van der Waals surface area (Å²) in [5.74, 6) is 1.44. The zero-order valence-electron chi connectivity index (χ0n) is 6.39. The number of hydrogen-bond acceptors (Lipinski definition) is 2. The van der Waals surface area contributed by atoms with Gasteiger partial charge in [0.25, 0.3) is 0 Å². The third-order valence-electron chi connectivity index (χ3n) is 2.04. The maximum absolute atomic E-state index is 11.1. The molecule has 1 aromatic rings. The molecule has 2 heterocycles. The molecule has 3 nitrogen and oxygen atoms in total. The molecule has 0 saturated heterocycles. The molecule has 2 rings (SSSR count). The Kier molecular flexibility index (Phi) is 1.56. The van der Waals surface area contributed by atoms with Crippen molar-refractivity contribution in [3.63, 3.8) is 0 Å². The third kappa shape index (κ3) is 1.11. The van der Waals surface area contributed by atoms with Gasteiger partial charge in [0.05, 0.1) is 11.4 Å². The second kappa shape index (κ2) is 2.44. The Balaban J connectivity index is 2.44. The van der Waals surface area contributed by atoms with E-state index in [4.69, 9.17) is 0 Å². The molecule has 4 heteroatoms. The molecule has 0 bridgehead atoms. The summed E-state index contributed by atoms with van der Waals surface area (Å²) in [7, 11) is -0.671. The number of aryl methyl sites for hydroxylation is 1. The Morgan fingerprint density at radius 3 is 3.27 bits per heavy atom. The van der Waals surface area contributed by atoms with Crippen LogP contribution in [0.25, 0.3) is 0 Å². The van der Waals surface area contributed by atoms with Crippen molar-refractivity contribution in [3.05, 3.63) is 17.0 Å². The predicted octanol–water partition coefficient (Wildman–Crippen LogP) is 0.523. The standard InChI is InChI=1S/C7H10N2OS/c1-5-6-2-3-11(10)4-7(6)9-8-5/h2-4H2,1H3,(H,8,9). The van der Waals surface area contributed by atoms with Crippen molar-refractivity contribution < 1.29 is 4.21 Å². The van der Waals surface area contributed by atoms with E-state index in [0.29, 0.717) is 5.75 Å². The van der Waals surface area contributed by atoms with Crippen LogP contribution in [0.3, 0.4) is 0 Å². The lowest BCUT2D eigenvalue weighted by atomic mass is 10.1. The molecular weight excluding hydrogens is 160 g/mol. The summed E-state index contributed by atoms with van der Waals surface area (Å²) in [6.07, 6.45) is 0.921. The smallest absolute Gasteiger partial charge is 0.0781 e. The number of aromatic nitrogens is 2. The van der Waals surface area contributed by atoms with Gasteiger partial charge < -0.3 is 0 Å². The Hall–Kier alpha value is -0.640. The topological polar surface area (TPSA) is 45.8 Å². The molecule has 0 amide bonds. The maximum Gasteiger partial charge on any atom is 0.0781 e. The molecule has 0 radical (unpaired) electrons. The summed E-state index contributed by atoms with van der Waals surface area (Å²) >= 11 is 0. The molecule has 1 atom stereocenters. The van der Waals surface area contributed by atoms with Gasteiger partial charge in [0.2, 0.25) is 0 Å². The fourth-order valence-corrected chi connectivity index (χ4v) is 2.51. The number of aromatic amines is 1. The summed E-state index contributed by atoms with van der Waals surface area (Å²) < 4.78 is 11.1. The average Bonchev–Trinajstić information content (AvgIpc) is 2.32. The predicted molar refractivity (Wildman–Crippen MR) is 43.7 cm³/mol. The van der Waals surface area contributed by atoms with E-state index in [9.17, 15) is 4.21 Å².